The van der Waals surface area contributed by atoms with E-state index in [1.807, 2.05) is 37.1 Å². The summed E-state index contributed by atoms with van der Waals surface area (Å²) in [5.74, 6) is -1.86. The molecule has 0 aliphatic heterocycles. The Hall–Kier alpha value is -2.76. The summed E-state index contributed by atoms with van der Waals surface area (Å²) in [6.45, 7) is 4.07. The molecule has 0 aliphatic carbocycles. The first-order valence-electron chi connectivity index (χ1n) is 10.6. The number of pyridine rings is 2. The highest BCUT2D eigenvalue weighted by Gasteiger charge is 2.00. The number of hydrogen-bond donors (Lipinski definition) is 0. The second-order valence-electron chi connectivity index (χ2n) is 7.16. The van der Waals surface area contributed by atoms with E-state index in [0.717, 1.165) is 38.5 Å². The van der Waals surface area contributed by atoms with Crippen LogP contribution < -0.4 is 19.3 Å². The summed E-state index contributed by atoms with van der Waals surface area (Å²) in [5.41, 5.74) is 2.51. The highest BCUT2D eigenvalue weighted by molar-refractivity contribution is 5.64. The predicted octanol–water partition coefficient (Wildman–Crippen LogP) is 1.64. The van der Waals surface area contributed by atoms with Crippen molar-refractivity contribution < 1.29 is 28.9 Å². The summed E-state index contributed by atoms with van der Waals surface area (Å²) in [5, 5.41) is 19.5. The Morgan fingerprint density at radius 3 is 1.20 bits per heavy atom. The first kappa shape index (κ1) is 27.2. The lowest BCUT2D eigenvalue weighted by atomic mass is 10.1. The number of nitrogens with zero attached hydrogens (tertiary/aromatic N) is 2. The number of aryl methyl sites for hydroxylation is 2. The zero-order chi connectivity index (χ0) is 22.8. The average Bonchev–Trinajstić information content (AvgIpc) is 2.70. The summed E-state index contributed by atoms with van der Waals surface area (Å²) in [6.07, 6.45) is 14.3. The molecule has 2 rings (SSSR count). The van der Waals surface area contributed by atoms with Crippen LogP contribution in [-0.2, 0) is 23.7 Å². The van der Waals surface area contributed by atoms with Crippen LogP contribution in [0.4, 0.5) is 0 Å². The van der Waals surface area contributed by atoms with E-state index in [1.54, 1.807) is 0 Å². The van der Waals surface area contributed by atoms with E-state index in [9.17, 15) is 19.8 Å². The van der Waals surface area contributed by atoms with Crippen molar-refractivity contribution in [2.45, 2.75) is 65.2 Å². The number of carbonyl (C=O) groups is 2. The van der Waals surface area contributed by atoms with Crippen molar-refractivity contribution in [2.24, 2.45) is 14.1 Å². The Morgan fingerprint density at radius 2 is 0.967 bits per heavy atom. The molecule has 0 amide bonds. The average molecular weight is 417 g/mol. The molecule has 0 spiro atoms. The molecule has 6 nitrogen and oxygen atoms in total. The van der Waals surface area contributed by atoms with Gasteiger partial charge in [0.15, 0.2) is 24.8 Å². The second-order valence-corrected chi connectivity index (χ2v) is 7.16. The van der Waals surface area contributed by atoms with Crippen LogP contribution in [-0.4, -0.2) is 11.9 Å². The maximum atomic E-state index is 9.76. The van der Waals surface area contributed by atoms with E-state index < -0.39 is 11.9 Å². The van der Waals surface area contributed by atoms with Crippen LogP contribution in [0.5, 0.6) is 0 Å². The Labute approximate surface area is 180 Å². The molecular weight excluding hydrogens is 380 g/mol. The first-order chi connectivity index (χ1) is 14.3. The molecule has 2 aromatic heterocycles. The standard InChI is InChI=1S/C12H14N2.2C6H12O2/c1-13-7-3-11(4-8-13)12-5-9-14(2)10-6-12;2*1-2-3-4-5-6(7)8/h3-10H,1-2H3;2*2-5H2,1H3,(H,7,8)/q+2;;/p-2. The minimum Gasteiger partial charge on any atom is -0.550 e. The van der Waals surface area contributed by atoms with Gasteiger partial charge >= 0.3 is 0 Å². The third-order valence-electron chi connectivity index (χ3n) is 4.26. The van der Waals surface area contributed by atoms with Gasteiger partial charge in [0.1, 0.15) is 14.1 Å². The molecule has 0 N–H and O–H groups in total. The summed E-state index contributed by atoms with van der Waals surface area (Å²) < 4.78 is 4.07. The number of rotatable bonds is 9. The molecule has 30 heavy (non-hydrogen) atoms. The molecule has 0 aromatic carbocycles. The molecule has 2 aromatic rings. The molecule has 0 radical (unpaired) electrons. The third kappa shape index (κ3) is 15.2. The molecule has 166 valence electrons. The summed E-state index contributed by atoms with van der Waals surface area (Å²) in [6, 6.07) is 8.48. The predicted molar refractivity (Wildman–Crippen MR) is 113 cm³/mol. The van der Waals surface area contributed by atoms with Crippen LogP contribution in [0, 0.1) is 0 Å². The first-order valence-corrected chi connectivity index (χ1v) is 10.6. The van der Waals surface area contributed by atoms with Crippen molar-refractivity contribution >= 4 is 11.9 Å². The van der Waals surface area contributed by atoms with E-state index in [1.165, 1.54) is 11.1 Å². The lowest BCUT2D eigenvalue weighted by molar-refractivity contribution is -0.671. The number of hydrogen-bond acceptors (Lipinski definition) is 4. The third-order valence-corrected chi connectivity index (χ3v) is 4.26. The van der Waals surface area contributed by atoms with Crippen molar-refractivity contribution in [3.63, 3.8) is 0 Å². The number of carboxylic acid groups (broad SMARTS) is 2. The van der Waals surface area contributed by atoms with Crippen molar-refractivity contribution in [1.82, 2.24) is 0 Å². The van der Waals surface area contributed by atoms with E-state index in [4.69, 9.17) is 0 Å². The molecule has 0 saturated heterocycles. The molecule has 0 atom stereocenters. The highest BCUT2D eigenvalue weighted by Crippen LogP contribution is 2.15. The number of unbranched alkanes of at least 4 members (excludes halogenated alkanes) is 4. The van der Waals surface area contributed by atoms with Crippen molar-refractivity contribution in [3.8, 4) is 11.1 Å². The van der Waals surface area contributed by atoms with Gasteiger partial charge in [-0.1, -0.05) is 39.5 Å². The molecular formula is C24H36N2O4. The van der Waals surface area contributed by atoms with Gasteiger partial charge in [0, 0.05) is 36.2 Å². The van der Waals surface area contributed by atoms with Gasteiger partial charge in [-0.3, -0.25) is 0 Å². The second kappa shape index (κ2) is 17.1. The van der Waals surface area contributed by atoms with Crippen LogP contribution >= 0.6 is 0 Å². The van der Waals surface area contributed by atoms with Crippen LogP contribution in [0.1, 0.15) is 65.2 Å². The van der Waals surface area contributed by atoms with Gasteiger partial charge in [0.2, 0.25) is 0 Å². The Kier molecular flexibility index (Phi) is 15.6. The molecule has 6 heteroatoms. The minimum absolute atomic E-state index is 0.216. The van der Waals surface area contributed by atoms with Gasteiger partial charge in [-0.2, -0.15) is 0 Å². The number of carbonyl (C=O) groups excluding carboxylic acids is 2. The van der Waals surface area contributed by atoms with Gasteiger partial charge in [0.05, 0.1) is 0 Å². The van der Waals surface area contributed by atoms with Crippen LogP contribution in [0.3, 0.4) is 0 Å². The van der Waals surface area contributed by atoms with Gasteiger partial charge in [-0.15, -0.1) is 0 Å². The SMILES string of the molecule is CCCCCC(=O)[O-].CCCCCC(=O)[O-].C[n+]1ccc(-c2cc[n+](C)cc2)cc1. The zero-order valence-corrected chi connectivity index (χ0v) is 18.8. The fraction of sp³-hybridized carbons (Fsp3) is 0.500. The van der Waals surface area contributed by atoms with Crippen LogP contribution in [0.2, 0.25) is 0 Å². The largest absolute Gasteiger partial charge is 0.550 e. The van der Waals surface area contributed by atoms with Crippen molar-refractivity contribution in [2.75, 3.05) is 0 Å². The van der Waals surface area contributed by atoms with Gasteiger partial charge in [-0.05, 0) is 36.8 Å². The van der Waals surface area contributed by atoms with Crippen molar-refractivity contribution in [1.29, 1.82) is 0 Å². The fourth-order valence-corrected chi connectivity index (χ4v) is 2.43. The topological polar surface area (TPSA) is 88.0 Å². The normalized spacial score (nSPS) is 9.60. The number of aromatic nitrogens is 2. The molecule has 0 unspecified atom stereocenters. The highest BCUT2D eigenvalue weighted by atomic mass is 16.4. The smallest absolute Gasteiger partial charge is 0.169 e. The van der Waals surface area contributed by atoms with Gasteiger partial charge < -0.3 is 19.8 Å². The van der Waals surface area contributed by atoms with E-state index >= 15 is 0 Å². The van der Waals surface area contributed by atoms with E-state index in [0.29, 0.717) is 0 Å². The fourth-order valence-electron chi connectivity index (χ4n) is 2.43. The number of carboxylic acids is 2. The number of aliphatic carboxylic acids is 2. The molecule has 0 aliphatic rings. The van der Waals surface area contributed by atoms with Crippen LogP contribution in [0.25, 0.3) is 11.1 Å². The lowest BCUT2D eigenvalue weighted by Crippen LogP contribution is -2.26. The van der Waals surface area contributed by atoms with E-state index in [-0.39, 0.29) is 12.8 Å². The monoisotopic (exact) mass is 416 g/mol. The van der Waals surface area contributed by atoms with E-state index in [2.05, 4.69) is 49.1 Å². The minimum atomic E-state index is -0.932. The Balaban J connectivity index is 0.000000456. The molecule has 2 heterocycles. The summed E-state index contributed by atoms with van der Waals surface area (Å²) in [7, 11) is 4.05. The maximum absolute atomic E-state index is 9.76. The van der Waals surface area contributed by atoms with Crippen LogP contribution in [0.15, 0.2) is 49.1 Å². The Morgan fingerprint density at radius 1 is 0.667 bits per heavy atom. The summed E-state index contributed by atoms with van der Waals surface area (Å²) >= 11 is 0. The lowest BCUT2D eigenvalue weighted by Gasteiger charge is -1.97. The summed E-state index contributed by atoms with van der Waals surface area (Å²) in [4.78, 5) is 19.5. The zero-order valence-electron chi connectivity index (χ0n) is 18.8. The Bertz CT molecular complexity index is 649. The molecule has 0 saturated carbocycles. The molecule has 0 bridgehead atoms. The van der Waals surface area contributed by atoms with Gasteiger partial charge in [-0.25, -0.2) is 9.13 Å². The quantitative estimate of drug-likeness (QED) is 0.459. The van der Waals surface area contributed by atoms with Crippen molar-refractivity contribution in [3.05, 3.63) is 49.1 Å². The van der Waals surface area contributed by atoms with Gasteiger partial charge in [0.25, 0.3) is 0 Å². The maximum Gasteiger partial charge on any atom is 0.169 e. The molecule has 0 fully saturated rings.